The van der Waals surface area contributed by atoms with Crippen molar-refractivity contribution >= 4 is 10.9 Å². The number of likely N-dealkylation sites (tertiary alicyclic amines) is 1. The Morgan fingerprint density at radius 1 is 1.03 bits per heavy atom. The monoisotopic (exact) mass is 452 g/mol. The third-order valence-electron chi connectivity index (χ3n) is 6.79. The molecule has 3 aliphatic rings. The number of nitrogens with zero attached hydrogens (tertiary/aromatic N) is 5. The van der Waals surface area contributed by atoms with Crippen molar-refractivity contribution in [2.24, 2.45) is 0 Å². The second kappa shape index (κ2) is 8.75. The number of aromatic nitrogens is 5. The van der Waals surface area contributed by atoms with E-state index in [2.05, 4.69) is 25.4 Å². The first-order chi connectivity index (χ1) is 16.3. The molecule has 3 aliphatic heterocycles. The van der Waals surface area contributed by atoms with E-state index >= 15 is 0 Å². The lowest BCUT2D eigenvalue weighted by molar-refractivity contribution is 0.0902. The number of hydrogen-bond acceptors (Lipinski definition) is 8. The number of hydrogen-bond donors (Lipinski definition) is 1. The summed E-state index contributed by atoms with van der Waals surface area (Å²) in [7, 11) is 0. The Bertz CT molecular complexity index is 1200. The second-order valence-electron chi connectivity index (χ2n) is 8.99. The maximum atomic E-state index is 13.4. The standard InChI is InChI=1S/C23H28N6O4/c30-23-17(11-15-12-19-20(13-18(15)24-23)33-10-9-32-19)21(28-6-2-1-3-7-28)22-25-26-27-29(22)14-16-5-4-8-31-16/h11-13,16,21H,1-10,14H2,(H,24,30)/t16-,21+/m0/s1. The molecule has 1 N–H and O–H groups in total. The van der Waals surface area contributed by atoms with Crippen molar-refractivity contribution in [2.75, 3.05) is 32.9 Å². The highest BCUT2D eigenvalue weighted by atomic mass is 16.6. The molecule has 0 spiro atoms. The van der Waals surface area contributed by atoms with E-state index in [-0.39, 0.29) is 17.7 Å². The van der Waals surface area contributed by atoms with Crippen LogP contribution in [0.4, 0.5) is 0 Å². The Morgan fingerprint density at radius 3 is 2.64 bits per heavy atom. The van der Waals surface area contributed by atoms with E-state index < -0.39 is 0 Å². The number of pyridine rings is 1. The third kappa shape index (κ3) is 3.97. The average molecular weight is 453 g/mol. The molecule has 2 atom stereocenters. The highest BCUT2D eigenvalue weighted by Gasteiger charge is 2.32. The van der Waals surface area contributed by atoms with Crippen molar-refractivity contribution in [2.45, 2.75) is 50.8 Å². The Hall–Kier alpha value is -2.98. The van der Waals surface area contributed by atoms with Crippen molar-refractivity contribution in [1.82, 2.24) is 30.1 Å². The SMILES string of the molecule is O=c1[nH]c2cc3c(cc2cc1[C@H](c1nnnn1C[C@@H]1CCCO1)N1CCCCC1)OCCO3. The van der Waals surface area contributed by atoms with Crippen LogP contribution in [0.15, 0.2) is 23.0 Å². The zero-order valence-corrected chi connectivity index (χ0v) is 18.5. The first-order valence-corrected chi connectivity index (χ1v) is 11.8. The smallest absolute Gasteiger partial charge is 0.253 e. The van der Waals surface area contributed by atoms with Crippen molar-refractivity contribution in [3.05, 3.63) is 39.9 Å². The molecule has 10 nitrogen and oxygen atoms in total. The van der Waals surface area contributed by atoms with Crippen LogP contribution in [0.3, 0.4) is 0 Å². The summed E-state index contributed by atoms with van der Waals surface area (Å²) in [6.45, 7) is 4.19. The van der Waals surface area contributed by atoms with Gasteiger partial charge in [0.25, 0.3) is 5.56 Å². The number of benzene rings is 1. The quantitative estimate of drug-likeness (QED) is 0.627. The summed E-state index contributed by atoms with van der Waals surface area (Å²) in [5.74, 6) is 2.05. The third-order valence-corrected chi connectivity index (χ3v) is 6.79. The largest absolute Gasteiger partial charge is 0.486 e. The van der Waals surface area contributed by atoms with Gasteiger partial charge in [0.2, 0.25) is 0 Å². The molecule has 2 saturated heterocycles. The minimum atomic E-state index is -0.331. The summed E-state index contributed by atoms with van der Waals surface area (Å²) in [6, 6.07) is 5.40. The molecule has 5 heterocycles. The summed E-state index contributed by atoms with van der Waals surface area (Å²) in [4.78, 5) is 18.8. The molecule has 33 heavy (non-hydrogen) atoms. The lowest BCUT2D eigenvalue weighted by Gasteiger charge is -2.33. The van der Waals surface area contributed by atoms with Gasteiger partial charge in [-0.2, -0.15) is 0 Å². The van der Waals surface area contributed by atoms with Crippen LogP contribution in [0.2, 0.25) is 0 Å². The molecule has 0 saturated carbocycles. The van der Waals surface area contributed by atoms with Crippen LogP contribution in [0.1, 0.15) is 49.5 Å². The van der Waals surface area contributed by atoms with Crippen LogP contribution < -0.4 is 15.0 Å². The van der Waals surface area contributed by atoms with E-state index in [1.54, 1.807) is 0 Å². The molecule has 2 fully saturated rings. The van der Waals surface area contributed by atoms with Crippen LogP contribution >= 0.6 is 0 Å². The van der Waals surface area contributed by atoms with Gasteiger partial charge < -0.3 is 19.2 Å². The molecule has 0 unspecified atom stereocenters. The normalized spacial score (nSPS) is 22.0. The zero-order chi connectivity index (χ0) is 22.2. The number of aromatic amines is 1. The number of ether oxygens (including phenoxy) is 3. The highest BCUT2D eigenvalue weighted by molar-refractivity contribution is 5.83. The first-order valence-electron chi connectivity index (χ1n) is 11.8. The molecule has 10 heteroatoms. The Kier molecular flexibility index (Phi) is 5.47. The van der Waals surface area contributed by atoms with Gasteiger partial charge in [-0.25, -0.2) is 4.68 Å². The van der Waals surface area contributed by atoms with E-state index in [0.717, 1.165) is 56.3 Å². The molecule has 1 aromatic carbocycles. The summed E-state index contributed by atoms with van der Waals surface area (Å²) < 4.78 is 19.1. The van der Waals surface area contributed by atoms with Gasteiger partial charge in [-0.05, 0) is 61.3 Å². The molecule has 2 aromatic heterocycles. The van der Waals surface area contributed by atoms with E-state index in [1.165, 1.54) is 6.42 Å². The van der Waals surface area contributed by atoms with E-state index in [4.69, 9.17) is 14.2 Å². The molecule has 0 amide bonds. The Labute approximate surface area is 190 Å². The molecule has 0 aliphatic carbocycles. The lowest BCUT2D eigenvalue weighted by Crippen LogP contribution is -2.39. The second-order valence-corrected chi connectivity index (χ2v) is 8.99. The number of H-pyrrole nitrogens is 1. The number of fused-ring (bicyclic) bond motifs is 2. The van der Waals surface area contributed by atoms with Crippen LogP contribution in [0.25, 0.3) is 10.9 Å². The summed E-state index contributed by atoms with van der Waals surface area (Å²) >= 11 is 0. The summed E-state index contributed by atoms with van der Waals surface area (Å²) in [6.07, 6.45) is 5.53. The minimum Gasteiger partial charge on any atom is -0.486 e. The zero-order valence-electron chi connectivity index (χ0n) is 18.5. The van der Waals surface area contributed by atoms with Crippen LogP contribution in [-0.4, -0.2) is 69.1 Å². The molecular formula is C23H28N6O4. The minimum absolute atomic E-state index is 0.104. The van der Waals surface area contributed by atoms with Crippen molar-refractivity contribution < 1.29 is 14.2 Å². The van der Waals surface area contributed by atoms with Gasteiger partial charge in [-0.1, -0.05) is 6.42 Å². The molecule has 6 rings (SSSR count). The van der Waals surface area contributed by atoms with Gasteiger partial charge in [-0.3, -0.25) is 9.69 Å². The predicted molar refractivity (Wildman–Crippen MR) is 120 cm³/mol. The lowest BCUT2D eigenvalue weighted by atomic mass is 10.00. The van der Waals surface area contributed by atoms with Crippen molar-refractivity contribution in [3.63, 3.8) is 0 Å². The van der Waals surface area contributed by atoms with Gasteiger partial charge in [-0.15, -0.1) is 5.10 Å². The van der Waals surface area contributed by atoms with E-state index in [1.807, 2.05) is 22.9 Å². The van der Waals surface area contributed by atoms with Crippen molar-refractivity contribution in [1.29, 1.82) is 0 Å². The molecule has 174 valence electrons. The van der Waals surface area contributed by atoms with Gasteiger partial charge in [0.05, 0.1) is 18.2 Å². The number of rotatable bonds is 5. The van der Waals surface area contributed by atoms with Crippen LogP contribution in [0, 0.1) is 0 Å². The first kappa shape index (κ1) is 20.6. The van der Waals surface area contributed by atoms with E-state index in [9.17, 15) is 4.79 Å². The Morgan fingerprint density at radius 2 is 1.85 bits per heavy atom. The van der Waals surface area contributed by atoms with Gasteiger partial charge >= 0.3 is 0 Å². The predicted octanol–water partition coefficient (Wildman–Crippen LogP) is 2.04. The summed E-state index contributed by atoms with van der Waals surface area (Å²) in [5.41, 5.74) is 1.23. The molecular weight excluding hydrogens is 424 g/mol. The summed E-state index contributed by atoms with van der Waals surface area (Å²) in [5, 5.41) is 13.6. The number of piperidine rings is 1. The fourth-order valence-electron chi connectivity index (χ4n) is 5.16. The average Bonchev–Trinajstić information content (AvgIpc) is 3.52. The topological polar surface area (TPSA) is 107 Å². The van der Waals surface area contributed by atoms with Crippen LogP contribution in [-0.2, 0) is 11.3 Å². The van der Waals surface area contributed by atoms with Gasteiger partial charge in [0.1, 0.15) is 19.3 Å². The number of nitrogens with one attached hydrogen (secondary N) is 1. The fourth-order valence-corrected chi connectivity index (χ4v) is 5.16. The Balaban J connectivity index is 1.44. The molecule has 3 aromatic rings. The number of tetrazole rings is 1. The maximum absolute atomic E-state index is 13.4. The highest BCUT2D eigenvalue weighted by Crippen LogP contribution is 2.35. The maximum Gasteiger partial charge on any atom is 0.253 e. The van der Waals surface area contributed by atoms with Crippen LogP contribution in [0.5, 0.6) is 11.5 Å². The van der Waals surface area contributed by atoms with Gasteiger partial charge in [0, 0.05) is 23.6 Å². The van der Waals surface area contributed by atoms with Crippen molar-refractivity contribution in [3.8, 4) is 11.5 Å². The fraction of sp³-hybridized carbons (Fsp3) is 0.565. The van der Waals surface area contributed by atoms with E-state index in [0.29, 0.717) is 42.6 Å². The molecule has 0 bridgehead atoms. The molecule has 0 radical (unpaired) electrons. The van der Waals surface area contributed by atoms with Gasteiger partial charge in [0.15, 0.2) is 17.3 Å².